The molecule has 2 aromatic heterocycles. The van der Waals surface area contributed by atoms with Gasteiger partial charge < -0.3 is 20.9 Å². The third-order valence-corrected chi connectivity index (χ3v) is 7.84. The smallest absolute Gasteiger partial charge is 0.359 e. The number of hydrogen-bond donors (Lipinski definition) is 4. The van der Waals surface area contributed by atoms with Crippen LogP contribution in [-0.2, 0) is 21.4 Å². The Labute approximate surface area is 245 Å². The molecule has 0 spiro atoms. The molecule has 0 saturated carbocycles. The fourth-order valence-corrected chi connectivity index (χ4v) is 5.17. The average Bonchev–Trinajstić information content (AvgIpc) is 3.41. The zero-order chi connectivity index (χ0) is 30.8. The van der Waals surface area contributed by atoms with Crippen LogP contribution in [-0.4, -0.2) is 67.0 Å². The van der Waals surface area contributed by atoms with Crippen LogP contribution in [0.2, 0.25) is 0 Å². The molecule has 11 nitrogen and oxygen atoms in total. The van der Waals surface area contributed by atoms with Crippen molar-refractivity contribution in [3.63, 3.8) is 0 Å². The molecule has 226 valence electrons. The van der Waals surface area contributed by atoms with Gasteiger partial charge >= 0.3 is 6.18 Å². The third-order valence-electron chi connectivity index (χ3n) is 6.91. The molecule has 0 unspecified atom stereocenters. The highest BCUT2D eigenvalue weighted by Gasteiger charge is 2.28. The van der Waals surface area contributed by atoms with Gasteiger partial charge in [0, 0.05) is 24.3 Å². The lowest BCUT2D eigenvalue weighted by Crippen LogP contribution is -2.25. The first kappa shape index (κ1) is 30.1. The molecule has 0 radical (unpaired) electrons. The highest BCUT2D eigenvalue weighted by molar-refractivity contribution is 7.89. The van der Waals surface area contributed by atoms with Gasteiger partial charge in [-0.3, -0.25) is 4.79 Å². The number of amides is 1. The zero-order valence-corrected chi connectivity index (χ0v) is 23.8. The first-order valence-corrected chi connectivity index (χ1v) is 14.8. The van der Waals surface area contributed by atoms with E-state index in [-0.39, 0.29) is 40.5 Å². The summed E-state index contributed by atoms with van der Waals surface area (Å²) in [7, 11) is -1.86. The molecule has 5 N–H and O–H groups in total. The minimum absolute atomic E-state index is 0.0385. The molecule has 0 aliphatic carbocycles. The van der Waals surface area contributed by atoms with E-state index in [1.807, 2.05) is 7.05 Å². The molecule has 1 aliphatic heterocycles. The Kier molecular flexibility index (Phi) is 8.48. The minimum Gasteiger partial charge on any atom is -0.359 e. The Morgan fingerprint density at radius 3 is 2.35 bits per heavy atom. The fourth-order valence-electron chi connectivity index (χ4n) is 4.66. The van der Waals surface area contributed by atoms with Crippen molar-refractivity contribution in [1.82, 2.24) is 19.9 Å². The average molecular weight is 615 g/mol. The van der Waals surface area contributed by atoms with E-state index in [2.05, 4.69) is 35.8 Å². The number of anilines is 3. The van der Waals surface area contributed by atoms with Crippen molar-refractivity contribution >= 4 is 44.4 Å². The van der Waals surface area contributed by atoms with Crippen LogP contribution in [0.15, 0.2) is 65.6 Å². The highest BCUT2D eigenvalue weighted by atomic mass is 32.2. The number of likely N-dealkylation sites (tertiary alicyclic amines) is 1. The third kappa shape index (κ3) is 7.74. The lowest BCUT2D eigenvalue weighted by Gasteiger charge is -2.14. The standard InChI is InChI=1S/C28H29F3N8O3S/c1-39-13-12-19(15-39)26(40)35-20-6-4-18(5-7-20)22-10-11-23-24(36-22)25(34-16-28(29,30)31)38-27(37-23)33-14-17-2-8-21(9-3-17)43(32,41)42/h2-11,19H,12-16H2,1H3,(H,35,40)(H2,32,41,42)(H2,33,34,37,38)/t19-/m0/s1. The first-order valence-electron chi connectivity index (χ1n) is 13.3. The maximum Gasteiger partial charge on any atom is 0.405 e. The summed E-state index contributed by atoms with van der Waals surface area (Å²) in [5.41, 5.74) is 2.93. The number of benzene rings is 2. The molecule has 1 amide bonds. The van der Waals surface area contributed by atoms with E-state index >= 15 is 0 Å². The molecular formula is C28H29F3N8O3S. The van der Waals surface area contributed by atoms with Gasteiger partial charge in [-0.25, -0.2) is 23.5 Å². The van der Waals surface area contributed by atoms with Crippen LogP contribution in [0.5, 0.6) is 0 Å². The van der Waals surface area contributed by atoms with E-state index < -0.39 is 22.7 Å². The van der Waals surface area contributed by atoms with Crippen LogP contribution >= 0.6 is 0 Å². The van der Waals surface area contributed by atoms with Crippen molar-refractivity contribution in [2.75, 3.05) is 42.6 Å². The van der Waals surface area contributed by atoms with E-state index in [0.29, 0.717) is 34.6 Å². The predicted molar refractivity (Wildman–Crippen MR) is 157 cm³/mol. The number of nitrogens with two attached hydrogens (primary N) is 1. The second kappa shape index (κ2) is 12.1. The van der Waals surface area contributed by atoms with E-state index in [1.54, 1.807) is 48.5 Å². The monoisotopic (exact) mass is 614 g/mol. The normalized spacial score (nSPS) is 15.9. The molecule has 0 bridgehead atoms. The van der Waals surface area contributed by atoms with Gasteiger partial charge in [0.05, 0.1) is 22.0 Å². The lowest BCUT2D eigenvalue weighted by atomic mass is 10.1. The summed E-state index contributed by atoms with van der Waals surface area (Å²) in [6.07, 6.45) is -3.69. The summed E-state index contributed by atoms with van der Waals surface area (Å²) in [6.45, 7) is 0.428. The molecule has 1 atom stereocenters. The van der Waals surface area contributed by atoms with Gasteiger partial charge in [-0.2, -0.15) is 18.2 Å². The van der Waals surface area contributed by atoms with Crippen molar-refractivity contribution in [3.05, 3.63) is 66.2 Å². The van der Waals surface area contributed by atoms with Gasteiger partial charge in [0.15, 0.2) is 5.82 Å². The number of aromatic nitrogens is 3. The Bertz CT molecular complexity index is 1730. The van der Waals surface area contributed by atoms with Crippen molar-refractivity contribution in [2.45, 2.75) is 24.0 Å². The fraction of sp³-hybridized carbons (Fsp3) is 0.286. The predicted octanol–water partition coefficient (Wildman–Crippen LogP) is 3.82. The summed E-state index contributed by atoms with van der Waals surface area (Å²) < 4.78 is 62.2. The molecule has 2 aromatic carbocycles. The zero-order valence-electron chi connectivity index (χ0n) is 23.0. The van der Waals surface area contributed by atoms with Crippen molar-refractivity contribution in [2.24, 2.45) is 11.1 Å². The topological polar surface area (TPSA) is 155 Å². The summed E-state index contributed by atoms with van der Waals surface area (Å²) in [5, 5.41) is 13.3. The molecule has 4 aromatic rings. The van der Waals surface area contributed by atoms with E-state index in [9.17, 15) is 26.4 Å². The molecule has 1 aliphatic rings. The van der Waals surface area contributed by atoms with Crippen LogP contribution in [0.3, 0.4) is 0 Å². The van der Waals surface area contributed by atoms with Crippen molar-refractivity contribution in [3.8, 4) is 11.3 Å². The number of carbonyl (C=O) groups is 1. The SMILES string of the molecule is CN1CC[C@H](C(=O)Nc2ccc(-c3ccc4nc(NCc5ccc(S(N)(=O)=O)cc5)nc(NCC(F)(F)F)c4n3)cc2)C1. The molecule has 1 saturated heterocycles. The van der Waals surface area contributed by atoms with E-state index in [4.69, 9.17) is 5.14 Å². The number of alkyl halides is 3. The number of halogens is 3. The first-order chi connectivity index (χ1) is 20.3. The van der Waals surface area contributed by atoms with Crippen molar-refractivity contribution in [1.29, 1.82) is 0 Å². The Morgan fingerprint density at radius 1 is 1.00 bits per heavy atom. The molecule has 15 heteroatoms. The summed E-state index contributed by atoms with van der Waals surface area (Å²) >= 11 is 0. The van der Waals surface area contributed by atoms with Gasteiger partial charge in [0.1, 0.15) is 12.1 Å². The molecule has 3 heterocycles. The van der Waals surface area contributed by atoms with Crippen LogP contribution < -0.4 is 21.1 Å². The van der Waals surface area contributed by atoms with E-state index in [0.717, 1.165) is 13.0 Å². The number of primary sulfonamides is 1. The summed E-state index contributed by atoms with van der Waals surface area (Å²) in [6, 6.07) is 16.2. The van der Waals surface area contributed by atoms with Crippen molar-refractivity contribution < 1.29 is 26.4 Å². The second-order valence-electron chi connectivity index (χ2n) is 10.3. The Morgan fingerprint density at radius 2 is 1.72 bits per heavy atom. The van der Waals surface area contributed by atoms with Gasteiger partial charge in [-0.05, 0) is 62.0 Å². The maximum absolute atomic E-state index is 13.1. The number of rotatable bonds is 9. The summed E-state index contributed by atoms with van der Waals surface area (Å²) in [5.74, 6) is -0.162. The number of hydrogen-bond acceptors (Lipinski definition) is 9. The number of sulfonamides is 1. The summed E-state index contributed by atoms with van der Waals surface area (Å²) in [4.78, 5) is 27.8. The number of nitrogens with zero attached hydrogens (tertiary/aromatic N) is 4. The second-order valence-corrected chi connectivity index (χ2v) is 11.8. The van der Waals surface area contributed by atoms with Gasteiger partial charge in [0.25, 0.3) is 0 Å². The molecule has 1 fully saturated rings. The minimum atomic E-state index is -4.50. The van der Waals surface area contributed by atoms with Crippen LogP contribution in [0.4, 0.5) is 30.6 Å². The maximum atomic E-state index is 13.1. The lowest BCUT2D eigenvalue weighted by molar-refractivity contribution is -0.119. The van der Waals surface area contributed by atoms with Gasteiger partial charge in [-0.15, -0.1) is 0 Å². The Hall–Kier alpha value is -4.34. The molecular weight excluding hydrogens is 585 g/mol. The largest absolute Gasteiger partial charge is 0.405 e. The number of carbonyl (C=O) groups excluding carboxylic acids is 1. The Balaban J connectivity index is 1.36. The van der Waals surface area contributed by atoms with Crippen LogP contribution in [0.1, 0.15) is 12.0 Å². The van der Waals surface area contributed by atoms with Gasteiger partial charge in [-0.1, -0.05) is 24.3 Å². The number of fused-ring (bicyclic) bond motifs is 1. The quantitative estimate of drug-likeness (QED) is 0.220. The number of pyridine rings is 1. The van der Waals surface area contributed by atoms with Crippen LogP contribution in [0.25, 0.3) is 22.3 Å². The molecule has 43 heavy (non-hydrogen) atoms. The van der Waals surface area contributed by atoms with Gasteiger partial charge in [0.2, 0.25) is 21.9 Å². The number of nitrogens with one attached hydrogen (secondary N) is 3. The molecule has 5 rings (SSSR count). The van der Waals surface area contributed by atoms with E-state index in [1.165, 1.54) is 12.1 Å². The van der Waals surface area contributed by atoms with Crippen LogP contribution in [0, 0.1) is 5.92 Å². The highest BCUT2D eigenvalue weighted by Crippen LogP contribution is 2.28.